The summed E-state index contributed by atoms with van der Waals surface area (Å²) in [5.41, 5.74) is 3.10. The number of rotatable bonds is 8. The second-order valence-electron chi connectivity index (χ2n) is 9.11. The Kier molecular flexibility index (Phi) is 8.78. The third-order valence-corrected chi connectivity index (χ3v) is 7.68. The van der Waals surface area contributed by atoms with Crippen LogP contribution in [0.1, 0.15) is 45.9 Å². The molecular weight excluding hydrogens is 476 g/mol. The maximum atomic E-state index is 13.3. The van der Waals surface area contributed by atoms with Crippen LogP contribution in [0.25, 0.3) is 6.08 Å². The lowest BCUT2D eigenvalue weighted by atomic mass is 9.95. The lowest BCUT2D eigenvalue weighted by molar-refractivity contribution is -0.132. The molecule has 2 aromatic carbocycles. The van der Waals surface area contributed by atoms with E-state index in [1.54, 1.807) is 0 Å². The van der Waals surface area contributed by atoms with E-state index in [-0.39, 0.29) is 11.8 Å². The summed E-state index contributed by atoms with van der Waals surface area (Å²) in [7, 11) is 0. The fourth-order valence-electron chi connectivity index (χ4n) is 4.53. The number of carbonyl (C=O) groups excluding carboxylic acids is 2. The van der Waals surface area contributed by atoms with E-state index in [9.17, 15) is 9.59 Å². The van der Waals surface area contributed by atoms with Gasteiger partial charge in [0.15, 0.2) is 0 Å². The molecular formula is C29H31ClN2O2S. The molecule has 0 radical (unpaired) electrons. The average Bonchev–Trinajstić information content (AvgIpc) is 3.44. The number of alkyl halides is 1. The van der Waals surface area contributed by atoms with Gasteiger partial charge in [0.2, 0.25) is 5.91 Å². The zero-order chi connectivity index (χ0) is 24.6. The van der Waals surface area contributed by atoms with Gasteiger partial charge in [-0.15, -0.1) is 22.9 Å². The summed E-state index contributed by atoms with van der Waals surface area (Å²) in [5.74, 6) is 0.381. The first-order valence-electron chi connectivity index (χ1n) is 12.0. The second-order valence-corrected chi connectivity index (χ2v) is 10.5. The summed E-state index contributed by atoms with van der Waals surface area (Å²) >= 11 is 7.96. The first kappa shape index (κ1) is 25.2. The van der Waals surface area contributed by atoms with Gasteiger partial charge in [0.25, 0.3) is 5.91 Å². The van der Waals surface area contributed by atoms with Gasteiger partial charge in [-0.05, 0) is 48.3 Å². The lowest BCUT2D eigenvalue weighted by Crippen LogP contribution is -2.44. The molecule has 4 nitrogen and oxygen atoms in total. The molecule has 4 rings (SSSR count). The molecule has 0 N–H and O–H groups in total. The fraction of sp³-hybridized carbons (Fsp3) is 0.310. The number of carbonyl (C=O) groups is 2. The molecule has 1 unspecified atom stereocenters. The molecule has 182 valence electrons. The Morgan fingerprint density at radius 1 is 1.03 bits per heavy atom. The van der Waals surface area contributed by atoms with E-state index >= 15 is 0 Å². The molecule has 0 spiro atoms. The Hall–Kier alpha value is -2.89. The van der Waals surface area contributed by atoms with E-state index in [4.69, 9.17) is 11.6 Å². The first-order valence-corrected chi connectivity index (χ1v) is 13.4. The number of nitrogens with zero attached hydrogens (tertiary/aromatic N) is 2. The predicted molar refractivity (Wildman–Crippen MR) is 145 cm³/mol. The maximum absolute atomic E-state index is 13.3. The number of hydrogen-bond donors (Lipinski definition) is 0. The summed E-state index contributed by atoms with van der Waals surface area (Å²) in [5, 5.41) is 1.28. The minimum atomic E-state index is -0.657. The van der Waals surface area contributed by atoms with Crippen molar-refractivity contribution >= 4 is 40.8 Å². The maximum Gasteiger partial charge on any atom is 0.264 e. The molecule has 0 aliphatic carbocycles. The van der Waals surface area contributed by atoms with Crippen molar-refractivity contribution in [2.24, 2.45) is 5.92 Å². The zero-order valence-electron chi connectivity index (χ0n) is 20.0. The van der Waals surface area contributed by atoms with Gasteiger partial charge in [-0.25, -0.2) is 0 Å². The van der Waals surface area contributed by atoms with Crippen LogP contribution >= 0.6 is 22.9 Å². The smallest absolute Gasteiger partial charge is 0.264 e. The molecule has 35 heavy (non-hydrogen) atoms. The summed E-state index contributed by atoms with van der Waals surface area (Å²) in [6, 6.07) is 23.5. The van der Waals surface area contributed by atoms with E-state index < -0.39 is 5.38 Å². The number of amides is 2. The molecule has 6 heteroatoms. The van der Waals surface area contributed by atoms with E-state index in [2.05, 4.69) is 25.1 Å². The average molecular weight is 507 g/mol. The molecule has 2 heterocycles. The number of hydrogen-bond acceptors (Lipinski definition) is 3. The topological polar surface area (TPSA) is 40.6 Å². The van der Waals surface area contributed by atoms with Crippen LogP contribution in [0.3, 0.4) is 0 Å². The highest BCUT2D eigenvalue weighted by atomic mass is 35.5. The summed E-state index contributed by atoms with van der Waals surface area (Å²) < 4.78 is 0. The van der Waals surface area contributed by atoms with Gasteiger partial charge in [-0.3, -0.25) is 9.59 Å². The van der Waals surface area contributed by atoms with E-state index in [1.165, 1.54) is 11.3 Å². The Morgan fingerprint density at radius 2 is 1.69 bits per heavy atom. The molecule has 1 aromatic heterocycles. The predicted octanol–water partition coefficient (Wildman–Crippen LogP) is 6.51. The number of benzene rings is 2. The molecule has 1 fully saturated rings. The first-order chi connectivity index (χ1) is 17.0. The van der Waals surface area contributed by atoms with Crippen LogP contribution in [-0.2, 0) is 4.79 Å². The number of halogens is 1. The number of likely N-dealkylation sites (tertiary alicyclic amines) is 1. The van der Waals surface area contributed by atoms with Crippen molar-refractivity contribution < 1.29 is 9.59 Å². The molecule has 0 bridgehead atoms. The highest BCUT2D eigenvalue weighted by Crippen LogP contribution is 2.27. The molecule has 1 aliphatic heterocycles. The quantitative estimate of drug-likeness (QED) is 0.326. The highest BCUT2D eigenvalue weighted by molar-refractivity contribution is 7.12. The molecule has 1 saturated heterocycles. The molecule has 0 saturated carbocycles. The van der Waals surface area contributed by atoms with E-state index in [1.807, 2.05) is 75.8 Å². The van der Waals surface area contributed by atoms with Crippen molar-refractivity contribution in [2.45, 2.75) is 25.1 Å². The van der Waals surface area contributed by atoms with Crippen LogP contribution in [0.2, 0.25) is 0 Å². The standard InChI is InChI=1S/C29H31ClN2O2S/c1-22(19-23-9-4-2-5-10-23)20-32(28(33)26-13-8-18-35-26)21-24-14-16-31(17-15-24)29(34)27(30)25-11-6-3-7-12-25/h2-13,18-19,24,27H,14-17,20-21H2,1H3/b22-19+. The normalized spacial score (nSPS) is 15.6. The van der Waals surface area contributed by atoms with Gasteiger partial charge in [-0.2, -0.15) is 0 Å². The van der Waals surface area contributed by atoms with Crippen molar-refractivity contribution in [2.75, 3.05) is 26.2 Å². The molecule has 3 aromatic rings. The van der Waals surface area contributed by atoms with Gasteiger partial charge in [0.05, 0.1) is 4.88 Å². The SMILES string of the molecule is C/C(=C\c1ccccc1)CN(CC1CCN(C(=O)C(Cl)c2ccccc2)CC1)C(=O)c1cccs1. The van der Waals surface area contributed by atoms with Crippen LogP contribution in [0.5, 0.6) is 0 Å². The Bertz CT molecular complexity index is 1120. The summed E-state index contributed by atoms with van der Waals surface area (Å²) in [6.45, 7) is 4.68. The molecule has 1 atom stereocenters. The van der Waals surface area contributed by atoms with Gasteiger partial charge in [0, 0.05) is 26.2 Å². The van der Waals surface area contributed by atoms with Crippen LogP contribution < -0.4 is 0 Å². The fourth-order valence-corrected chi connectivity index (χ4v) is 5.50. The Balaban J connectivity index is 1.39. The summed E-state index contributed by atoms with van der Waals surface area (Å²) in [4.78, 5) is 30.8. The second kappa shape index (κ2) is 12.2. The van der Waals surface area contributed by atoms with Crippen molar-refractivity contribution in [1.29, 1.82) is 0 Å². The van der Waals surface area contributed by atoms with E-state index in [0.29, 0.717) is 32.1 Å². The van der Waals surface area contributed by atoms with Crippen LogP contribution in [0.15, 0.2) is 83.7 Å². The largest absolute Gasteiger partial charge is 0.341 e. The summed E-state index contributed by atoms with van der Waals surface area (Å²) in [6.07, 6.45) is 3.86. The number of thiophene rings is 1. The van der Waals surface area contributed by atoms with Crippen molar-refractivity contribution in [1.82, 2.24) is 9.80 Å². The third kappa shape index (κ3) is 6.83. The van der Waals surface area contributed by atoms with Crippen LogP contribution in [0, 0.1) is 5.92 Å². The molecule has 1 aliphatic rings. The van der Waals surface area contributed by atoms with Gasteiger partial charge < -0.3 is 9.80 Å². The zero-order valence-corrected chi connectivity index (χ0v) is 21.5. The Morgan fingerprint density at radius 3 is 2.31 bits per heavy atom. The highest BCUT2D eigenvalue weighted by Gasteiger charge is 2.30. The minimum absolute atomic E-state index is 0.0375. The van der Waals surface area contributed by atoms with Gasteiger partial charge in [0.1, 0.15) is 5.38 Å². The van der Waals surface area contributed by atoms with Crippen molar-refractivity contribution in [3.63, 3.8) is 0 Å². The minimum Gasteiger partial charge on any atom is -0.341 e. The number of piperidine rings is 1. The van der Waals surface area contributed by atoms with E-state index in [0.717, 1.165) is 34.4 Å². The van der Waals surface area contributed by atoms with Crippen LogP contribution in [0.4, 0.5) is 0 Å². The van der Waals surface area contributed by atoms with Crippen LogP contribution in [-0.4, -0.2) is 47.8 Å². The monoisotopic (exact) mass is 506 g/mol. The Labute approximate surface area is 216 Å². The van der Waals surface area contributed by atoms with Crippen molar-refractivity contribution in [3.05, 3.63) is 99.8 Å². The molecule has 2 amide bonds. The lowest BCUT2D eigenvalue weighted by Gasteiger charge is -2.35. The van der Waals surface area contributed by atoms with Gasteiger partial charge >= 0.3 is 0 Å². The third-order valence-electron chi connectivity index (χ3n) is 6.39. The van der Waals surface area contributed by atoms with Gasteiger partial charge in [-0.1, -0.05) is 78.4 Å². The van der Waals surface area contributed by atoms with Crippen molar-refractivity contribution in [3.8, 4) is 0 Å².